The van der Waals surface area contributed by atoms with Gasteiger partial charge in [0, 0.05) is 73.2 Å². The Hall–Kier alpha value is -5.20. The van der Waals surface area contributed by atoms with Gasteiger partial charge < -0.3 is 34.6 Å². The lowest BCUT2D eigenvalue weighted by Crippen LogP contribution is -2.47. The summed E-state index contributed by atoms with van der Waals surface area (Å²) in [7, 11) is 3.62. The van der Waals surface area contributed by atoms with Crippen molar-refractivity contribution < 1.29 is 33.4 Å². The van der Waals surface area contributed by atoms with Crippen LogP contribution < -0.4 is 15.4 Å². The van der Waals surface area contributed by atoms with Crippen molar-refractivity contribution in [3.8, 4) is 5.75 Å². The SMILES string of the molecule is COCc1cc(C(=O)Nc2ccc(C)cc2OCCCCCC(=O)N2CCN(C)CC2)ccc1NC(=O)c1cccc2c1cc(C)n2C(=O)OC(C)(C)C. The number of aryl methyl sites for hydroxylation is 2. The molecule has 1 aromatic heterocycles. The van der Waals surface area contributed by atoms with E-state index in [0.29, 0.717) is 63.4 Å². The van der Waals surface area contributed by atoms with E-state index in [1.54, 1.807) is 77.3 Å². The van der Waals surface area contributed by atoms with Gasteiger partial charge in [0.05, 0.1) is 24.4 Å². The van der Waals surface area contributed by atoms with E-state index in [1.807, 2.05) is 30.0 Å². The summed E-state index contributed by atoms with van der Waals surface area (Å²) in [6.07, 6.45) is 2.49. The minimum atomic E-state index is -0.680. The van der Waals surface area contributed by atoms with Gasteiger partial charge in [-0.25, -0.2) is 9.36 Å². The second-order valence-electron chi connectivity index (χ2n) is 14.9. The number of hydrogen-bond donors (Lipinski definition) is 2. The Morgan fingerprint density at radius 3 is 2.26 bits per heavy atom. The number of piperazine rings is 1. The number of amides is 3. The van der Waals surface area contributed by atoms with Crippen LogP contribution in [0.15, 0.2) is 60.7 Å². The molecule has 1 saturated heterocycles. The van der Waals surface area contributed by atoms with Gasteiger partial charge in [-0.3, -0.25) is 14.4 Å². The van der Waals surface area contributed by atoms with Crippen LogP contribution in [0.5, 0.6) is 5.75 Å². The number of fused-ring (bicyclic) bond motifs is 1. The summed E-state index contributed by atoms with van der Waals surface area (Å²) in [6, 6.07) is 17.6. The van der Waals surface area contributed by atoms with Crippen molar-refractivity contribution in [2.75, 3.05) is 57.6 Å². The molecule has 0 unspecified atom stereocenters. The van der Waals surface area contributed by atoms with Crippen molar-refractivity contribution in [3.05, 3.63) is 88.6 Å². The molecule has 4 aromatic rings. The van der Waals surface area contributed by atoms with Gasteiger partial charge in [0.25, 0.3) is 11.8 Å². The molecule has 3 aromatic carbocycles. The maximum atomic E-state index is 13.7. The van der Waals surface area contributed by atoms with Crippen LogP contribution in [0.1, 0.15) is 84.0 Å². The van der Waals surface area contributed by atoms with E-state index in [2.05, 4.69) is 22.6 Å². The Morgan fingerprint density at radius 1 is 0.815 bits per heavy atom. The van der Waals surface area contributed by atoms with Gasteiger partial charge in [-0.05, 0) is 115 Å². The fraction of sp³-hybridized carbons (Fsp3) is 0.429. The van der Waals surface area contributed by atoms with E-state index >= 15 is 0 Å². The molecule has 12 nitrogen and oxygen atoms in total. The number of hydrogen-bond acceptors (Lipinski definition) is 8. The zero-order chi connectivity index (χ0) is 39.0. The van der Waals surface area contributed by atoms with Crippen molar-refractivity contribution in [1.29, 1.82) is 0 Å². The molecular formula is C42H53N5O7. The second kappa shape index (κ2) is 17.7. The van der Waals surface area contributed by atoms with Gasteiger partial charge in [-0.1, -0.05) is 12.1 Å². The van der Waals surface area contributed by atoms with Gasteiger partial charge in [0.1, 0.15) is 11.4 Å². The molecule has 0 radical (unpaired) electrons. The quantitative estimate of drug-likeness (QED) is 0.136. The van der Waals surface area contributed by atoms with Crippen LogP contribution >= 0.6 is 0 Å². The number of unbranched alkanes of at least 4 members (excludes halogenated alkanes) is 2. The fourth-order valence-electron chi connectivity index (χ4n) is 6.43. The molecular weight excluding hydrogens is 686 g/mol. The molecule has 1 aliphatic rings. The molecule has 5 rings (SSSR count). The second-order valence-corrected chi connectivity index (χ2v) is 14.9. The highest BCUT2D eigenvalue weighted by Gasteiger charge is 2.24. The van der Waals surface area contributed by atoms with Crippen molar-refractivity contribution in [2.45, 2.75) is 72.5 Å². The molecule has 0 spiro atoms. The molecule has 1 aliphatic heterocycles. The maximum absolute atomic E-state index is 13.7. The van der Waals surface area contributed by atoms with E-state index in [9.17, 15) is 19.2 Å². The Bertz CT molecular complexity index is 1990. The summed E-state index contributed by atoms with van der Waals surface area (Å²) in [5.74, 6) is 0.0734. The van der Waals surface area contributed by atoms with Crippen LogP contribution in [0.2, 0.25) is 0 Å². The molecule has 0 saturated carbocycles. The number of rotatable bonds is 13. The Morgan fingerprint density at radius 2 is 1.54 bits per heavy atom. The molecule has 2 N–H and O–H groups in total. The summed E-state index contributed by atoms with van der Waals surface area (Å²) in [6.45, 7) is 13.2. The van der Waals surface area contributed by atoms with Gasteiger partial charge in [0.15, 0.2) is 0 Å². The third kappa shape index (κ3) is 10.3. The van der Waals surface area contributed by atoms with Crippen LogP contribution in [0, 0.1) is 13.8 Å². The molecule has 288 valence electrons. The van der Waals surface area contributed by atoms with Crippen LogP contribution in [-0.4, -0.2) is 90.7 Å². The highest BCUT2D eigenvalue weighted by molar-refractivity contribution is 6.14. The average molecular weight is 740 g/mol. The third-order valence-electron chi connectivity index (χ3n) is 9.30. The van der Waals surface area contributed by atoms with Crippen LogP contribution in [0.25, 0.3) is 10.9 Å². The molecule has 2 heterocycles. The smallest absolute Gasteiger partial charge is 0.419 e. The van der Waals surface area contributed by atoms with E-state index in [-0.39, 0.29) is 24.3 Å². The Balaban J connectivity index is 1.22. The Kier molecular flexibility index (Phi) is 13.1. The van der Waals surface area contributed by atoms with Crippen molar-refractivity contribution in [2.24, 2.45) is 0 Å². The molecule has 0 atom stereocenters. The minimum Gasteiger partial charge on any atom is -0.491 e. The topological polar surface area (TPSA) is 131 Å². The number of benzene rings is 3. The number of carbonyl (C=O) groups excluding carboxylic acids is 4. The predicted octanol–water partition coefficient (Wildman–Crippen LogP) is 7.41. The number of methoxy groups -OCH3 is 1. The van der Waals surface area contributed by atoms with E-state index in [1.165, 1.54) is 4.57 Å². The standard InChI is InChI=1S/C42H53N5O7/c1-28-15-17-35(37(24-28)53-23-10-8-9-14-38(48)46-21-19-45(6)20-22-46)44-39(49)30-16-18-34(31(26-30)27-52-7)43-40(50)32-12-11-13-36-33(32)25-29(2)47(36)41(51)54-42(3,4)5/h11-13,15-18,24-26H,8-10,14,19-23,27H2,1-7H3,(H,43,50)(H,44,49). The largest absolute Gasteiger partial charge is 0.491 e. The number of aromatic nitrogens is 1. The number of anilines is 2. The van der Waals surface area contributed by atoms with Crippen molar-refractivity contribution in [3.63, 3.8) is 0 Å². The number of carbonyl (C=O) groups is 4. The first-order chi connectivity index (χ1) is 25.7. The summed E-state index contributed by atoms with van der Waals surface area (Å²) in [5.41, 5.74) is 3.92. The molecule has 0 aliphatic carbocycles. The Labute approximate surface area is 317 Å². The highest BCUT2D eigenvalue weighted by Crippen LogP contribution is 2.29. The first kappa shape index (κ1) is 40.0. The first-order valence-corrected chi connectivity index (χ1v) is 18.5. The monoisotopic (exact) mass is 739 g/mol. The van der Waals surface area contributed by atoms with Crippen molar-refractivity contribution in [1.82, 2.24) is 14.4 Å². The molecule has 0 bridgehead atoms. The summed E-state index contributed by atoms with van der Waals surface area (Å²) >= 11 is 0. The first-order valence-electron chi connectivity index (χ1n) is 18.5. The zero-order valence-electron chi connectivity index (χ0n) is 32.5. The lowest BCUT2D eigenvalue weighted by Gasteiger charge is -2.32. The van der Waals surface area contributed by atoms with Crippen LogP contribution in [0.4, 0.5) is 16.2 Å². The normalized spacial score (nSPS) is 13.5. The van der Waals surface area contributed by atoms with E-state index < -0.39 is 11.7 Å². The van der Waals surface area contributed by atoms with Gasteiger partial charge >= 0.3 is 6.09 Å². The van der Waals surface area contributed by atoms with Crippen molar-refractivity contribution >= 4 is 46.1 Å². The predicted molar refractivity (Wildman–Crippen MR) is 211 cm³/mol. The number of ether oxygens (including phenoxy) is 3. The van der Waals surface area contributed by atoms with E-state index in [0.717, 1.165) is 51.0 Å². The average Bonchev–Trinajstić information content (AvgIpc) is 3.47. The van der Waals surface area contributed by atoms with Gasteiger partial charge in [-0.2, -0.15) is 0 Å². The zero-order valence-corrected chi connectivity index (χ0v) is 32.5. The van der Waals surface area contributed by atoms with Gasteiger partial charge in [-0.15, -0.1) is 0 Å². The summed E-state index contributed by atoms with van der Waals surface area (Å²) in [4.78, 5) is 57.0. The molecule has 1 fully saturated rings. The van der Waals surface area contributed by atoms with Crippen LogP contribution in [-0.2, 0) is 20.9 Å². The highest BCUT2D eigenvalue weighted by atomic mass is 16.6. The molecule has 54 heavy (non-hydrogen) atoms. The van der Waals surface area contributed by atoms with Gasteiger partial charge in [0.2, 0.25) is 5.91 Å². The van der Waals surface area contributed by atoms with E-state index in [4.69, 9.17) is 14.2 Å². The maximum Gasteiger partial charge on any atom is 0.419 e. The fourth-order valence-corrected chi connectivity index (χ4v) is 6.43. The lowest BCUT2D eigenvalue weighted by molar-refractivity contribution is -0.132. The number of nitrogens with one attached hydrogen (secondary N) is 2. The number of likely N-dealkylation sites (N-methyl/N-ethyl adjacent to an activating group) is 1. The molecule has 3 amide bonds. The van der Waals surface area contributed by atoms with Crippen LogP contribution in [0.3, 0.4) is 0 Å². The summed E-state index contributed by atoms with van der Waals surface area (Å²) in [5, 5.41) is 6.56. The minimum absolute atomic E-state index is 0.148. The molecule has 12 heteroatoms. The lowest BCUT2D eigenvalue weighted by atomic mass is 10.1. The summed E-state index contributed by atoms with van der Waals surface area (Å²) < 4.78 is 18.6. The number of nitrogens with zero attached hydrogens (tertiary/aromatic N) is 3. The third-order valence-corrected chi connectivity index (χ3v) is 9.30.